The van der Waals surface area contributed by atoms with Crippen LogP contribution in [0.4, 0.5) is 13.2 Å². The number of ether oxygens (including phenoxy) is 2. The van der Waals surface area contributed by atoms with Crippen LogP contribution < -0.4 is 20.5 Å². The van der Waals surface area contributed by atoms with E-state index >= 15 is 0 Å². The maximum atomic E-state index is 13.8. The van der Waals surface area contributed by atoms with Gasteiger partial charge in [0.05, 0.1) is 0 Å². The number of alkyl halides is 2. The van der Waals surface area contributed by atoms with Gasteiger partial charge in [-0.05, 0) is 86.7 Å². The zero-order valence-corrected chi connectivity index (χ0v) is 24.2. The van der Waals surface area contributed by atoms with Crippen LogP contribution in [0.1, 0.15) is 52.9 Å². The third kappa shape index (κ3) is 5.66. The molecule has 44 heavy (non-hydrogen) atoms. The Morgan fingerprint density at radius 2 is 1.91 bits per heavy atom. The van der Waals surface area contributed by atoms with Gasteiger partial charge >= 0.3 is 0 Å². The summed E-state index contributed by atoms with van der Waals surface area (Å²) in [4.78, 5) is 35.3. The number of nitrogens with one attached hydrogen (secondary N) is 1. The van der Waals surface area contributed by atoms with Crippen LogP contribution in [0.5, 0.6) is 11.5 Å². The fourth-order valence-corrected chi connectivity index (χ4v) is 5.64. The van der Waals surface area contributed by atoms with Crippen molar-refractivity contribution in [1.82, 2.24) is 15.3 Å². The summed E-state index contributed by atoms with van der Waals surface area (Å²) in [5, 5.41) is 3.59. The molecule has 3 heterocycles. The van der Waals surface area contributed by atoms with Gasteiger partial charge in [-0.3, -0.25) is 14.6 Å². The van der Waals surface area contributed by atoms with Gasteiger partial charge in [0.25, 0.3) is 12.3 Å². The van der Waals surface area contributed by atoms with E-state index in [1.54, 1.807) is 31.3 Å². The van der Waals surface area contributed by atoms with Gasteiger partial charge in [0.1, 0.15) is 47.2 Å². The van der Waals surface area contributed by atoms with E-state index in [9.17, 15) is 22.8 Å². The number of halogens is 3. The summed E-state index contributed by atoms with van der Waals surface area (Å²) in [6, 6.07) is 12.6. The number of hydrogen-bond acceptors (Lipinski definition) is 6. The SMILES string of the molecule is Cc1cnc2c(OCC(F)F)cc(C(=O)NC[C@H](c3cc4c(c(-c5ccc(F)cc5)n3)OC[C@]4(C)C(N)=O)C3CC3)cc2c1. The van der Waals surface area contributed by atoms with E-state index in [4.69, 9.17) is 20.2 Å². The van der Waals surface area contributed by atoms with Crippen LogP contribution in [0, 0.1) is 18.7 Å². The van der Waals surface area contributed by atoms with Crippen LogP contribution in [0.15, 0.2) is 54.7 Å². The number of fused-ring (bicyclic) bond motifs is 2. The zero-order chi connectivity index (χ0) is 31.2. The number of amides is 2. The van der Waals surface area contributed by atoms with E-state index in [1.165, 1.54) is 18.2 Å². The number of benzene rings is 2. The highest BCUT2D eigenvalue weighted by molar-refractivity contribution is 6.00. The summed E-state index contributed by atoms with van der Waals surface area (Å²) in [7, 11) is 0. The molecule has 6 rings (SSSR count). The van der Waals surface area contributed by atoms with E-state index in [-0.39, 0.29) is 36.3 Å². The van der Waals surface area contributed by atoms with Crippen LogP contribution in [-0.2, 0) is 10.2 Å². The molecule has 0 saturated heterocycles. The molecule has 2 atom stereocenters. The van der Waals surface area contributed by atoms with Crippen LogP contribution >= 0.6 is 0 Å². The van der Waals surface area contributed by atoms with E-state index in [1.807, 2.05) is 19.1 Å². The molecular weight excluding hydrogens is 573 g/mol. The predicted molar refractivity (Wildman–Crippen MR) is 157 cm³/mol. The molecule has 1 aliphatic heterocycles. The number of primary amides is 1. The van der Waals surface area contributed by atoms with Crippen molar-refractivity contribution in [3.8, 4) is 22.8 Å². The Morgan fingerprint density at radius 1 is 1.16 bits per heavy atom. The first-order chi connectivity index (χ1) is 21.0. The fourth-order valence-electron chi connectivity index (χ4n) is 5.64. The van der Waals surface area contributed by atoms with Crippen molar-refractivity contribution < 1.29 is 32.2 Å². The minimum atomic E-state index is -2.69. The number of pyridine rings is 2. The minimum absolute atomic E-state index is 0.0497. The molecule has 0 bridgehead atoms. The van der Waals surface area contributed by atoms with Crippen molar-refractivity contribution in [1.29, 1.82) is 0 Å². The standard InChI is InChI=1S/C33H31F3N4O4/c1-17-9-20-10-21(11-26(28(20)38-13-17)43-15-27(35)36)31(41)39-14-23(18-3-4-18)25-12-24-30(44-16-33(24,2)32(37)42)29(40-25)19-5-7-22(34)8-6-19/h5-13,18,23,27H,3-4,14-16H2,1-2H3,(H2,37,42)(H,39,41)/t23-,33-/m0/s1. The van der Waals surface area contributed by atoms with Crippen molar-refractivity contribution in [2.75, 3.05) is 19.8 Å². The molecule has 2 aliphatic rings. The Balaban J connectivity index is 1.33. The average Bonchev–Trinajstić information content (AvgIpc) is 3.77. The molecule has 0 spiro atoms. The van der Waals surface area contributed by atoms with Crippen LogP contribution in [0.2, 0.25) is 0 Å². The van der Waals surface area contributed by atoms with Crippen molar-refractivity contribution >= 4 is 22.7 Å². The van der Waals surface area contributed by atoms with Crippen molar-refractivity contribution in [2.45, 2.75) is 44.4 Å². The number of aryl methyl sites for hydroxylation is 1. The van der Waals surface area contributed by atoms with Crippen LogP contribution in [-0.4, -0.2) is 48.0 Å². The lowest BCUT2D eigenvalue weighted by Gasteiger charge is -2.22. The van der Waals surface area contributed by atoms with Crippen LogP contribution in [0.25, 0.3) is 22.2 Å². The third-order valence-electron chi connectivity index (χ3n) is 8.32. The van der Waals surface area contributed by atoms with E-state index in [0.717, 1.165) is 18.4 Å². The number of carbonyl (C=O) groups excluding carboxylic acids is 2. The Bertz CT molecular complexity index is 1760. The zero-order valence-electron chi connectivity index (χ0n) is 24.2. The highest BCUT2D eigenvalue weighted by atomic mass is 19.3. The number of rotatable bonds is 10. The number of nitrogens with two attached hydrogens (primary N) is 1. The highest BCUT2D eigenvalue weighted by Crippen LogP contribution is 2.48. The second-order valence-corrected chi connectivity index (χ2v) is 11.7. The molecule has 2 amide bonds. The van der Waals surface area contributed by atoms with E-state index in [2.05, 4.69) is 10.3 Å². The monoisotopic (exact) mass is 604 g/mol. The normalized spacial score (nSPS) is 18.1. The van der Waals surface area contributed by atoms with Gasteiger partial charge < -0.3 is 20.5 Å². The maximum Gasteiger partial charge on any atom is 0.272 e. The second kappa shape index (κ2) is 11.4. The summed E-state index contributed by atoms with van der Waals surface area (Å²) in [5.41, 5.74) is 8.54. The Kier molecular flexibility index (Phi) is 7.65. The molecule has 0 unspecified atom stereocenters. The molecule has 4 aromatic rings. The lowest BCUT2D eigenvalue weighted by atomic mass is 9.82. The summed E-state index contributed by atoms with van der Waals surface area (Å²) in [5.74, 6) is -0.798. The first-order valence-corrected chi connectivity index (χ1v) is 14.4. The van der Waals surface area contributed by atoms with Crippen molar-refractivity contribution in [2.24, 2.45) is 11.7 Å². The fraction of sp³-hybridized carbons (Fsp3) is 0.333. The van der Waals surface area contributed by atoms with Crippen LogP contribution in [0.3, 0.4) is 0 Å². The molecule has 1 saturated carbocycles. The average molecular weight is 605 g/mol. The van der Waals surface area contributed by atoms with E-state index < -0.39 is 36.1 Å². The van der Waals surface area contributed by atoms with Gasteiger partial charge in [0, 0.05) is 46.4 Å². The van der Waals surface area contributed by atoms with Crippen molar-refractivity contribution in [3.05, 3.63) is 82.9 Å². The molecule has 11 heteroatoms. The molecular formula is C33H31F3N4O4. The topological polar surface area (TPSA) is 116 Å². The number of carbonyl (C=O) groups is 2. The molecule has 2 aromatic heterocycles. The third-order valence-corrected chi connectivity index (χ3v) is 8.32. The summed E-state index contributed by atoms with van der Waals surface area (Å²) in [6.45, 7) is 3.01. The molecule has 1 aliphatic carbocycles. The molecule has 0 radical (unpaired) electrons. The predicted octanol–water partition coefficient (Wildman–Crippen LogP) is 5.45. The Morgan fingerprint density at radius 3 is 2.59 bits per heavy atom. The quantitative estimate of drug-likeness (QED) is 0.249. The Labute approximate surface area is 251 Å². The maximum absolute atomic E-state index is 13.8. The van der Waals surface area contributed by atoms with Gasteiger partial charge in [-0.15, -0.1) is 0 Å². The van der Waals surface area contributed by atoms with Gasteiger partial charge in [0.15, 0.2) is 0 Å². The lowest BCUT2D eigenvalue weighted by Crippen LogP contribution is -2.40. The number of hydrogen-bond donors (Lipinski definition) is 2. The largest absolute Gasteiger partial charge is 0.489 e. The molecule has 3 N–H and O–H groups in total. The lowest BCUT2D eigenvalue weighted by molar-refractivity contribution is -0.123. The highest BCUT2D eigenvalue weighted by Gasteiger charge is 2.45. The molecule has 1 fully saturated rings. The Hall–Kier alpha value is -4.67. The van der Waals surface area contributed by atoms with Crippen molar-refractivity contribution in [3.63, 3.8) is 0 Å². The second-order valence-electron chi connectivity index (χ2n) is 11.7. The van der Waals surface area contributed by atoms with Gasteiger partial charge in [-0.25, -0.2) is 18.2 Å². The van der Waals surface area contributed by atoms with Gasteiger partial charge in [-0.1, -0.05) is 0 Å². The first-order valence-electron chi connectivity index (χ1n) is 14.4. The number of aromatic nitrogens is 2. The van der Waals surface area contributed by atoms with Gasteiger partial charge in [0.2, 0.25) is 5.91 Å². The number of nitrogens with zero attached hydrogens (tertiary/aromatic N) is 2. The molecule has 2 aromatic carbocycles. The molecule has 228 valence electrons. The minimum Gasteiger partial charge on any atom is -0.489 e. The molecule has 8 nitrogen and oxygen atoms in total. The van der Waals surface area contributed by atoms with Gasteiger partial charge in [-0.2, -0.15) is 0 Å². The summed E-state index contributed by atoms with van der Waals surface area (Å²) < 4.78 is 50.9. The first kappa shape index (κ1) is 29.4. The smallest absolute Gasteiger partial charge is 0.272 e. The summed E-state index contributed by atoms with van der Waals surface area (Å²) in [6.07, 6.45) is 0.784. The summed E-state index contributed by atoms with van der Waals surface area (Å²) >= 11 is 0. The van der Waals surface area contributed by atoms with E-state index in [0.29, 0.717) is 39.2 Å².